The fourth-order valence-electron chi connectivity index (χ4n) is 4.93. The lowest BCUT2D eigenvalue weighted by Gasteiger charge is -2.33. The van der Waals surface area contributed by atoms with Crippen molar-refractivity contribution in [2.45, 2.75) is 52.2 Å². The monoisotopic (exact) mass is 429 g/mol. The van der Waals surface area contributed by atoms with Crippen LogP contribution >= 0.6 is 0 Å². The number of hydrogen-bond acceptors (Lipinski definition) is 4. The molecule has 5 heteroatoms. The maximum absolute atomic E-state index is 12.7. The molecule has 166 valence electrons. The number of hydrogen-bond donors (Lipinski definition) is 1. The summed E-state index contributed by atoms with van der Waals surface area (Å²) in [6, 6.07) is 17.1. The van der Waals surface area contributed by atoms with Crippen molar-refractivity contribution in [1.82, 2.24) is 9.47 Å². The molecule has 0 aliphatic carbocycles. The highest BCUT2D eigenvalue weighted by Gasteiger charge is 2.20. The molecule has 0 saturated carbocycles. The fourth-order valence-corrected chi connectivity index (χ4v) is 4.93. The number of aryl methyl sites for hydroxylation is 2. The van der Waals surface area contributed by atoms with Gasteiger partial charge < -0.3 is 14.3 Å². The number of nitrogens with zero attached hydrogens (tertiary/aromatic N) is 2. The van der Waals surface area contributed by atoms with Crippen molar-refractivity contribution in [1.29, 1.82) is 0 Å². The number of rotatable bonds is 6. The molecule has 1 aliphatic rings. The van der Waals surface area contributed by atoms with Crippen LogP contribution in [0.1, 0.15) is 37.8 Å². The average molecular weight is 430 g/mol. The van der Waals surface area contributed by atoms with Gasteiger partial charge in [0.2, 0.25) is 0 Å². The topological polar surface area (TPSA) is 50.4 Å². The smallest absolute Gasteiger partial charge is 0.253 e. The first-order chi connectivity index (χ1) is 15.6. The van der Waals surface area contributed by atoms with E-state index >= 15 is 0 Å². The number of likely N-dealkylation sites (tertiary alicyclic amines) is 1. The molecule has 0 amide bonds. The Morgan fingerprint density at radius 1 is 1.00 bits per heavy atom. The molecule has 1 saturated heterocycles. The van der Waals surface area contributed by atoms with Gasteiger partial charge in [-0.2, -0.15) is 0 Å². The highest BCUT2D eigenvalue weighted by Crippen LogP contribution is 2.26. The van der Waals surface area contributed by atoms with Gasteiger partial charge >= 0.3 is 0 Å². The van der Waals surface area contributed by atoms with Gasteiger partial charge in [-0.25, -0.2) is 0 Å². The second-order valence-corrected chi connectivity index (χ2v) is 8.83. The summed E-state index contributed by atoms with van der Waals surface area (Å²) in [5.41, 5.74) is 5.64. The minimum Gasteiger partial charge on any atom is -0.464 e. The molecule has 2 aromatic heterocycles. The Morgan fingerprint density at radius 3 is 2.59 bits per heavy atom. The maximum atomic E-state index is 12.7. The second kappa shape index (κ2) is 8.83. The van der Waals surface area contributed by atoms with Crippen LogP contribution < -0.4 is 10.9 Å². The van der Waals surface area contributed by atoms with Gasteiger partial charge in [0.25, 0.3) is 5.56 Å². The molecule has 1 fully saturated rings. The molecular formula is C27H31N3O2. The lowest BCUT2D eigenvalue weighted by atomic mass is 10.0. The lowest BCUT2D eigenvalue weighted by molar-refractivity contribution is 0.211. The van der Waals surface area contributed by atoms with Gasteiger partial charge in [-0.1, -0.05) is 19.1 Å². The Balaban J connectivity index is 1.30. The Hall–Kier alpha value is -3.05. The number of benzene rings is 2. The summed E-state index contributed by atoms with van der Waals surface area (Å²) in [6.07, 6.45) is 4.88. The summed E-state index contributed by atoms with van der Waals surface area (Å²) >= 11 is 0. The number of aromatic nitrogens is 1. The molecule has 3 heterocycles. The van der Waals surface area contributed by atoms with Crippen LogP contribution in [0.15, 0.2) is 64.0 Å². The number of piperidine rings is 1. The van der Waals surface area contributed by atoms with E-state index in [0.29, 0.717) is 12.6 Å². The van der Waals surface area contributed by atoms with E-state index in [9.17, 15) is 4.79 Å². The molecule has 0 atom stereocenters. The fraction of sp³-hybridized carbons (Fsp3) is 0.370. The van der Waals surface area contributed by atoms with Crippen molar-refractivity contribution < 1.29 is 4.42 Å². The minimum atomic E-state index is 0.0684. The SMILES string of the molecule is CCc1ccc2c(c1)c(NC1CCN(Cc3ccc4occc4c3)CC1)cc(=O)n2CC. The van der Waals surface area contributed by atoms with E-state index in [1.165, 1.54) is 16.5 Å². The number of fused-ring (bicyclic) bond motifs is 2. The molecule has 0 radical (unpaired) electrons. The van der Waals surface area contributed by atoms with Crippen LogP contribution in [-0.4, -0.2) is 28.6 Å². The van der Waals surface area contributed by atoms with Gasteiger partial charge in [0, 0.05) is 54.7 Å². The van der Waals surface area contributed by atoms with Crippen LogP contribution in [0, 0.1) is 0 Å². The summed E-state index contributed by atoms with van der Waals surface area (Å²) in [6.45, 7) is 7.94. The summed E-state index contributed by atoms with van der Waals surface area (Å²) in [5, 5.41) is 6.04. The number of anilines is 1. The summed E-state index contributed by atoms with van der Waals surface area (Å²) in [5.74, 6) is 0. The van der Waals surface area contributed by atoms with Gasteiger partial charge in [0.05, 0.1) is 11.8 Å². The maximum Gasteiger partial charge on any atom is 0.253 e. The van der Waals surface area contributed by atoms with E-state index in [4.69, 9.17) is 4.42 Å². The van der Waals surface area contributed by atoms with Crippen molar-refractivity contribution in [3.05, 3.63) is 76.3 Å². The zero-order chi connectivity index (χ0) is 22.1. The van der Waals surface area contributed by atoms with E-state index in [-0.39, 0.29) is 5.56 Å². The van der Waals surface area contributed by atoms with Crippen LogP contribution in [0.2, 0.25) is 0 Å². The molecule has 32 heavy (non-hydrogen) atoms. The van der Waals surface area contributed by atoms with E-state index < -0.39 is 0 Å². The van der Waals surface area contributed by atoms with Crippen LogP contribution in [-0.2, 0) is 19.5 Å². The largest absolute Gasteiger partial charge is 0.464 e. The number of pyridine rings is 1. The predicted molar refractivity (Wildman–Crippen MR) is 131 cm³/mol. The highest BCUT2D eigenvalue weighted by molar-refractivity contribution is 5.92. The quantitative estimate of drug-likeness (QED) is 0.445. The summed E-state index contributed by atoms with van der Waals surface area (Å²) < 4.78 is 7.32. The molecule has 0 unspecified atom stereocenters. The van der Waals surface area contributed by atoms with Gasteiger partial charge in [-0.15, -0.1) is 0 Å². The highest BCUT2D eigenvalue weighted by atomic mass is 16.3. The molecule has 2 aromatic carbocycles. The number of furan rings is 1. The van der Waals surface area contributed by atoms with Crippen molar-refractivity contribution >= 4 is 27.6 Å². The molecule has 0 bridgehead atoms. The predicted octanol–water partition coefficient (Wildman–Crippen LogP) is 5.41. The van der Waals surface area contributed by atoms with Crippen molar-refractivity contribution in [3.8, 4) is 0 Å². The first-order valence-corrected chi connectivity index (χ1v) is 11.8. The number of nitrogens with one attached hydrogen (secondary N) is 1. The standard InChI is InChI=1S/C27H31N3O2/c1-3-19-5-7-25-23(16-19)24(17-27(31)30(25)4-2)28-22-9-12-29(13-10-22)18-20-6-8-26-21(15-20)11-14-32-26/h5-8,11,14-17,22,28H,3-4,9-10,12-13,18H2,1-2H3. The molecule has 4 aromatic rings. The van der Waals surface area contributed by atoms with Gasteiger partial charge in [-0.3, -0.25) is 9.69 Å². The van der Waals surface area contributed by atoms with E-state index in [0.717, 1.165) is 61.1 Å². The molecular weight excluding hydrogens is 398 g/mol. The molecule has 1 aliphatic heterocycles. The van der Waals surface area contributed by atoms with Crippen LogP contribution in [0.3, 0.4) is 0 Å². The van der Waals surface area contributed by atoms with Gasteiger partial charge in [0.15, 0.2) is 0 Å². The van der Waals surface area contributed by atoms with Crippen LogP contribution in [0.4, 0.5) is 5.69 Å². The molecule has 5 nitrogen and oxygen atoms in total. The van der Waals surface area contributed by atoms with E-state index in [1.807, 2.05) is 17.6 Å². The molecule has 5 rings (SSSR count). The first kappa shape index (κ1) is 20.8. The third kappa shape index (κ3) is 4.05. The first-order valence-electron chi connectivity index (χ1n) is 11.8. The van der Waals surface area contributed by atoms with Crippen LogP contribution in [0.5, 0.6) is 0 Å². The van der Waals surface area contributed by atoms with E-state index in [2.05, 4.69) is 53.5 Å². The van der Waals surface area contributed by atoms with Crippen molar-refractivity contribution in [2.24, 2.45) is 0 Å². The normalized spacial score (nSPS) is 15.6. The van der Waals surface area contributed by atoms with Crippen molar-refractivity contribution in [3.63, 3.8) is 0 Å². The average Bonchev–Trinajstić information content (AvgIpc) is 3.28. The van der Waals surface area contributed by atoms with Gasteiger partial charge in [0.1, 0.15) is 5.58 Å². The van der Waals surface area contributed by atoms with Crippen molar-refractivity contribution in [2.75, 3.05) is 18.4 Å². The summed E-state index contributed by atoms with van der Waals surface area (Å²) in [7, 11) is 0. The molecule has 0 spiro atoms. The zero-order valence-electron chi connectivity index (χ0n) is 18.9. The van der Waals surface area contributed by atoms with Crippen LogP contribution in [0.25, 0.3) is 21.9 Å². The third-order valence-corrected chi connectivity index (χ3v) is 6.77. The Labute approximate surface area is 188 Å². The van der Waals surface area contributed by atoms with E-state index in [1.54, 1.807) is 12.3 Å². The Bertz CT molecular complexity index is 1300. The summed E-state index contributed by atoms with van der Waals surface area (Å²) in [4.78, 5) is 15.2. The Morgan fingerprint density at radius 2 is 1.81 bits per heavy atom. The lowest BCUT2D eigenvalue weighted by Crippen LogP contribution is -2.39. The molecule has 1 N–H and O–H groups in total. The zero-order valence-corrected chi connectivity index (χ0v) is 18.9. The second-order valence-electron chi connectivity index (χ2n) is 8.83. The van der Waals surface area contributed by atoms with Gasteiger partial charge in [-0.05, 0) is 67.6 Å². The Kier molecular flexibility index (Phi) is 5.75. The third-order valence-electron chi connectivity index (χ3n) is 6.77. The minimum absolute atomic E-state index is 0.0684.